The smallest absolute Gasteiger partial charge is 0.283 e. The molecule has 0 saturated heterocycles. The van der Waals surface area contributed by atoms with Crippen molar-refractivity contribution >= 4 is 39.8 Å². The van der Waals surface area contributed by atoms with Crippen LogP contribution in [0.15, 0.2) is 58.3 Å². The van der Waals surface area contributed by atoms with Gasteiger partial charge in [0.1, 0.15) is 5.04 Å². The van der Waals surface area contributed by atoms with Crippen LogP contribution in [0.4, 0.5) is 0 Å². The SMILES string of the molecule is Cc1ccc(-n2cccc2/C=C2\C(=N)N3N=C(CC(C)C)SC3=NC2=O)cc1. The normalized spacial score (nSPS) is 18.0. The number of hydrogen-bond acceptors (Lipinski definition) is 4. The topological polar surface area (TPSA) is 73.8 Å². The number of aromatic nitrogens is 1. The first kappa shape index (κ1) is 18.4. The van der Waals surface area contributed by atoms with Crippen LogP contribution < -0.4 is 0 Å². The Morgan fingerprint density at radius 2 is 1.96 bits per heavy atom. The average molecular weight is 392 g/mol. The van der Waals surface area contributed by atoms with E-state index >= 15 is 0 Å². The number of aryl methyl sites for hydroxylation is 1. The summed E-state index contributed by atoms with van der Waals surface area (Å²) in [5, 5.41) is 15.8. The molecule has 0 bridgehead atoms. The van der Waals surface area contributed by atoms with Crippen molar-refractivity contribution in [1.29, 1.82) is 5.41 Å². The predicted octanol–water partition coefficient (Wildman–Crippen LogP) is 4.45. The maximum absolute atomic E-state index is 12.6. The second-order valence-corrected chi connectivity index (χ2v) is 8.29. The number of amidine groups is 2. The molecule has 2 aliphatic heterocycles. The number of carbonyl (C=O) groups is 1. The molecular weight excluding hydrogens is 370 g/mol. The number of fused-ring (bicyclic) bond motifs is 1. The number of amides is 1. The van der Waals surface area contributed by atoms with E-state index in [2.05, 4.69) is 23.9 Å². The van der Waals surface area contributed by atoms with Crippen LogP contribution in [0.2, 0.25) is 0 Å². The standard InChI is InChI=1S/C21H21N5OS/c1-13(2)11-18-24-26-19(22)17(20(27)23-21(26)28-18)12-16-5-4-10-25(16)15-8-6-14(3)7-9-15/h4-10,12-13,22H,11H2,1-3H3/b17-12+,22-19?. The van der Waals surface area contributed by atoms with Crippen molar-refractivity contribution < 1.29 is 4.79 Å². The molecule has 1 N–H and O–H groups in total. The second kappa shape index (κ2) is 7.24. The molecule has 142 valence electrons. The number of carbonyl (C=O) groups excluding carboxylic acids is 1. The third-order valence-corrected chi connectivity index (χ3v) is 5.39. The Bertz CT molecular complexity index is 1040. The summed E-state index contributed by atoms with van der Waals surface area (Å²) in [6.45, 7) is 6.27. The summed E-state index contributed by atoms with van der Waals surface area (Å²) in [6, 6.07) is 12.0. The van der Waals surface area contributed by atoms with Gasteiger partial charge in [0.15, 0.2) is 5.84 Å². The average Bonchev–Trinajstić information content (AvgIpc) is 3.25. The van der Waals surface area contributed by atoms with Crippen LogP contribution in [0.5, 0.6) is 0 Å². The molecule has 0 radical (unpaired) electrons. The first-order valence-corrected chi connectivity index (χ1v) is 9.97. The number of hydrazone groups is 1. The number of benzene rings is 1. The fourth-order valence-electron chi connectivity index (χ4n) is 3.06. The lowest BCUT2D eigenvalue weighted by Gasteiger charge is -2.20. The lowest BCUT2D eigenvalue weighted by atomic mass is 10.1. The van der Waals surface area contributed by atoms with Crippen LogP contribution in [0, 0.1) is 18.3 Å². The van der Waals surface area contributed by atoms with Gasteiger partial charge in [-0.2, -0.15) is 15.1 Å². The molecule has 6 nitrogen and oxygen atoms in total. The van der Waals surface area contributed by atoms with E-state index < -0.39 is 5.91 Å². The zero-order chi connectivity index (χ0) is 19.8. The summed E-state index contributed by atoms with van der Waals surface area (Å²) >= 11 is 1.37. The molecule has 0 atom stereocenters. The molecule has 1 amide bonds. The van der Waals surface area contributed by atoms with Gasteiger partial charge in [-0.15, -0.1) is 0 Å². The first-order valence-electron chi connectivity index (χ1n) is 9.16. The van der Waals surface area contributed by atoms with E-state index in [0.717, 1.165) is 22.8 Å². The van der Waals surface area contributed by atoms with Gasteiger partial charge in [-0.1, -0.05) is 31.5 Å². The highest BCUT2D eigenvalue weighted by molar-refractivity contribution is 8.26. The molecule has 0 aliphatic carbocycles. The minimum absolute atomic E-state index is 0.0675. The lowest BCUT2D eigenvalue weighted by molar-refractivity contribution is -0.114. The maximum Gasteiger partial charge on any atom is 0.283 e. The van der Waals surface area contributed by atoms with Gasteiger partial charge in [0.25, 0.3) is 5.91 Å². The molecule has 1 aromatic heterocycles. The van der Waals surface area contributed by atoms with Crippen molar-refractivity contribution in [3.8, 4) is 5.69 Å². The number of nitrogens with zero attached hydrogens (tertiary/aromatic N) is 4. The monoisotopic (exact) mass is 391 g/mol. The van der Waals surface area contributed by atoms with Crippen LogP contribution in [0.25, 0.3) is 11.8 Å². The van der Waals surface area contributed by atoms with Crippen molar-refractivity contribution in [3.05, 3.63) is 59.4 Å². The highest BCUT2D eigenvalue weighted by atomic mass is 32.2. The zero-order valence-electron chi connectivity index (χ0n) is 16.0. The quantitative estimate of drug-likeness (QED) is 0.783. The van der Waals surface area contributed by atoms with Gasteiger partial charge in [-0.05, 0) is 54.9 Å². The van der Waals surface area contributed by atoms with Crippen LogP contribution in [0.1, 0.15) is 31.5 Å². The molecule has 0 saturated carbocycles. The molecule has 7 heteroatoms. The van der Waals surface area contributed by atoms with E-state index in [9.17, 15) is 4.79 Å². The Morgan fingerprint density at radius 3 is 2.68 bits per heavy atom. The van der Waals surface area contributed by atoms with Crippen LogP contribution in [-0.4, -0.2) is 31.5 Å². The van der Waals surface area contributed by atoms with E-state index in [1.54, 1.807) is 6.08 Å². The predicted molar refractivity (Wildman–Crippen MR) is 115 cm³/mol. The second-order valence-electron chi connectivity index (χ2n) is 7.25. The van der Waals surface area contributed by atoms with E-state index in [1.165, 1.54) is 22.3 Å². The molecule has 4 rings (SSSR count). The summed E-state index contributed by atoms with van der Waals surface area (Å²) in [4.78, 5) is 16.8. The van der Waals surface area contributed by atoms with Gasteiger partial charge >= 0.3 is 0 Å². The summed E-state index contributed by atoms with van der Waals surface area (Å²) in [6.07, 6.45) is 4.45. The number of rotatable bonds is 4. The Kier molecular flexibility index (Phi) is 4.77. The highest BCUT2D eigenvalue weighted by Gasteiger charge is 2.35. The molecule has 3 heterocycles. The third-order valence-electron chi connectivity index (χ3n) is 4.46. The molecule has 0 unspecified atom stereocenters. The molecular formula is C21H21N5OS. The molecule has 2 aromatic rings. The molecule has 28 heavy (non-hydrogen) atoms. The fourth-order valence-corrected chi connectivity index (χ4v) is 4.16. The van der Waals surface area contributed by atoms with Crippen molar-refractivity contribution in [2.45, 2.75) is 27.2 Å². The summed E-state index contributed by atoms with van der Waals surface area (Å²) in [5.74, 6) is 0.116. The number of hydrogen-bond donors (Lipinski definition) is 1. The van der Waals surface area contributed by atoms with Gasteiger partial charge in [0.05, 0.1) is 5.57 Å². The molecule has 2 aliphatic rings. The van der Waals surface area contributed by atoms with Gasteiger partial charge in [0.2, 0.25) is 5.17 Å². The van der Waals surface area contributed by atoms with Gasteiger partial charge in [-0.3, -0.25) is 10.2 Å². The third kappa shape index (κ3) is 3.45. The minimum Gasteiger partial charge on any atom is -0.317 e. The lowest BCUT2D eigenvalue weighted by Crippen LogP contribution is -2.35. The van der Waals surface area contributed by atoms with Crippen molar-refractivity contribution in [3.63, 3.8) is 0 Å². The Morgan fingerprint density at radius 1 is 1.21 bits per heavy atom. The van der Waals surface area contributed by atoms with Crippen molar-refractivity contribution in [1.82, 2.24) is 9.58 Å². The summed E-state index contributed by atoms with van der Waals surface area (Å²) in [7, 11) is 0. The van der Waals surface area contributed by atoms with Gasteiger partial charge in [-0.25, -0.2) is 0 Å². The van der Waals surface area contributed by atoms with Crippen LogP contribution >= 0.6 is 11.8 Å². The number of nitrogens with one attached hydrogen (secondary N) is 1. The molecule has 1 aromatic carbocycles. The van der Waals surface area contributed by atoms with E-state index in [0.29, 0.717) is 11.1 Å². The van der Waals surface area contributed by atoms with E-state index in [-0.39, 0.29) is 11.4 Å². The zero-order valence-corrected chi connectivity index (χ0v) is 16.8. The van der Waals surface area contributed by atoms with Crippen LogP contribution in [0.3, 0.4) is 0 Å². The van der Waals surface area contributed by atoms with Crippen LogP contribution in [-0.2, 0) is 4.79 Å². The van der Waals surface area contributed by atoms with Gasteiger partial charge in [0, 0.05) is 24.0 Å². The Labute approximate surface area is 168 Å². The van der Waals surface area contributed by atoms with Crippen molar-refractivity contribution in [2.75, 3.05) is 0 Å². The first-order chi connectivity index (χ1) is 13.4. The number of aliphatic imine (C=N–C) groups is 1. The van der Waals surface area contributed by atoms with E-state index in [4.69, 9.17) is 5.41 Å². The van der Waals surface area contributed by atoms with Crippen molar-refractivity contribution in [2.24, 2.45) is 16.0 Å². The summed E-state index contributed by atoms with van der Waals surface area (Å²) in [5.41, 5.74) is 3.23. The largest absolute Gasteiger partial charge is 0.317 e. The highest BCUT2D eigenvalue weighted by Crippen LogP contribution is 2.30. The summed E-state index contributed by atoms with van der Waals surface area (Å²) < 4.78 is 1.98. The van der Waals surface area contributed by atoms with E-state index in [1.807, 2.05) is 54.1 Å². The fraction of sp³-hybridized carbons (Fsp3) is 0.238. The maximum atomic E-state index is 12.6. The Balaban J connectivity index is 1.68. The molecule has 0 fully saturated rings. The molecule has 0 spiro atoms. The minimum atomic E-state index is -0.401. The Hall–Kier alpha value is -2.93. The van der Waals surface area contributed by atoms with Gasteiger partial charge < -0.3 is 4.57 Å². The number of thioether (sulfide) groups is 1.